The molecular formula is C25H29N7O4. The summed E-state index contributed by atoms with van der Waals surface area (Å²) in [5.74, 6) is 0.222. The summed E-state index contributed by atoms with van der Waals surface area (Å²) in [6.45, 7) is 7.81. The van der Waals surface area contributed by atoms with Gasteiger partial charge in [-0.05, 0) is 44.0 Å². The maximum atomic E-state index is 13.3. The Morgan fingerprint density at radius 2 is 1.83 bits per heavy atom. The van der Waals surface area contributed by atoms with Crippen molar-refractivity contribution in [1.29, 1.82) is 0 Å². The van der Waals surface area contributed by atoms with Crippen LogP contribution in [-0.2, 0) is 0 Å². The van der Waals surface area contributed by atoms with Gasteiger partial charge < -0.3 is 24.9 Å². The van der Waals surface area contributed by atoms with Crippen LogP contribution in [0, 0.1) is 18.8 Å². The Kier molecular flexibility index (Phi) is 5.15. The van der Waals surface area contributed by atoms with Gasteiger partial charge >= 0.3 is 5.97 Å². The minimum atomic E-state index is -1.04. The summed E-state index contributed by atoms with van der Waals surface area (Å²) in [5, 5.41) is 24.1. The highest BCUT2D eigenvalue weighted by atomic mass is 16.4. The number of carboxylic acids is 1. The largest absolute Gasteiger partial charge is 0.477 e. The van der Waals surface area contributed by atoms with E-state index in [0.29, 0.717) is 37.5 Å². The van der Waals surface area contributed by atoms with Gasteiger partial charge in [-0.15, -0.1) is 5.10 Å². The smallest absolute Gasteiger partial charge is 0.354 e. The lowest BCUT2D eigenvalue weighted by Gasteiger charge is -2.22. The molecule has 0 spiro atoms. The van der Waals surface area contributed by atoms with Gasteiger partial charge in [0.25, 0.3) is 5.91 Å². The molecule has 11 heteroatoms. The number of pyridine rings is 2. The predicted octanol–water partition coefficient (Wildman–Crippen LogP) is 1.30. The molecule has 3 aliphatic heterocycles. The molecule has 3 unspecified atom stereocenters. The van der Waals surface area contributed by atoms with Gasteiger partial charge in [-0.3, -0.25) is 4.79 Å². The minimum Gasteiger partial charge on any atom is -0.477 e. The summed E-state index contributed by atoms with van der Waals surface area (Å²) in [4.78, 5) is 39.5. The maximum Gasteiger partial charge on any atom is 0.354 e. The number of carbonyl (C=O) groups excluding carboxylic acids is 1. The van der Waals surface area contributed by atoms with E-state index in [4.69, 9.17) is 0 Å². The van der Waals surface area contributed by atoms with Crippen molar-refractivity contribution in [3.8, 4) is 0 Å². The van der Waals surface area contributed by atoms with Crippen molar-refractivity contribution >= 4 is 29.0 Å². The third-order valence-corrected chi connectivity index (χ3v) is 7.66. The molecule has 0 saturated carbocycles. The van der Waals surface area contributed by atoms with E-state index in [-0.39, 0.29) is 29.3 Å². The lowest BCUT2D eigenvalue weighted by molar-refractivity contribution is 0.0689. The Hall–Kier alpha value is -3.73. The number of fused-ring (bicyclic) bond motifs is 2. The first-order valence-corrected chi connectivity index (χ1v) is 12.3. The molecule has 188 valence electrons. The Labute approximate surface area is 208 Å². The molecule has 3 aromatic heterocycles. The van der Waals surface area contributed by atoms with Crippen molar-refractivity contribution in [2.75, 3.05) is 49.1 Å². The van der Waals surface area contributed by atoms with E-state index in [1.54, 1.807) is 10.6 Å². The number of aliphatic hydroxyl groups is 1. The number of aryl methyl sites for hydroxylation is 1. The number of rotatable bonds is 4. The summed E-state index contributed by atoms with van der Waals surface area (Å²) < 4.78 is 1.67. The highest BCUT2D eigenvalue weighted by Crippen LogP contribution is 2.34. The molecule has 1 amide bonds. The third-order valence-electron chi connectivity index (χ3n) is 7.66. The zero-order valence-electron chi connectivity index (χ0n) is 20.3. The number of carboxylic acid groups (broad SMARTS) is 1. The fraction of sp³-hybridized carbons (Fsp3) is 0.480. The van der Waals surface area contributed by atoms with E-state index in [0.717, 1.165) is 30.9 Å². The third kappa shape index (κ3) is 3.93. The molecule has 3 atom stereocenters. The average molecular weight is 492 g/mol. The van der Waals surface area contributed by atoms with E-state index in [9.17, 15) is 19.8 Å². The zero-order chi connectivity index (χ0) is 25.2. The Morgan fingerprint density at radius 1 is 1.08 bits per heavy atom. The fourth-order valence-electron chi connectivity index (χ4n) is 5.77. The summed E-state index contributed by atoms with van der Waals surface area (Å²) in [6, 6.07) is 7.06. The quantitative estimate of drug-likeness (QED) is 0.555. The average Bonchev–Trinajstić information content (AvgIpc) is 3.60. The van der Waals surface area contributed by atoms with Gasteiger partial charge in [-0.2, -0.15) is 0 Å². The fourth-order valence-corrected chi connectivity index (χ4v) is 5.77. The second-order valence-corrected chi connectivity index (χ2v) is 10.6. The number of amides is 1. The van der Waals surface area contributed by atoms with Crippen LogP contribution >= 0.6 is 0 Å². The SMILES string of the molecule is Cc1cc(N2CCC(C)(O)C2)cn2nc(C(=O)N3CC4CN(c5cccc(C(=O)O)n5)CC4C3)nc12. The molecule has 3 fully saturated rings. The number of hydrogen-bond donors (Lipinski definition) is 2. The second kappa shape index (κ2) is 8.16. The van der Waals surface area contributed by atoms with E-state index in [1.807, 2.05) is 37.1 Å². The first kappa shape index (κ1) is 22.7. The number of hydrogen-bond acceptors (Lipinski definition) is 8. The molecule has 0 radical (unpaired) electrons. The predicted molar refractivity (Wildman–Crippen MR) is 131 cm³/mol. The molecule has 3 aromatic rings. The molecular weight excluding hydrogens is 462 g/mol. The standard InChI is InChI=1S/C25H29N7O4/c1-15-8-18(29-7-6-25(2,36)14-29)13-32-22(15)27-21(28-32)23(33)31-11-16-9-30(10-17(16)12-31)20-5-3-4-19(26-20)24(34)35/h3-5,8,13,16-17,36H,6-7,9-12,14H2,1-2H3,(H,34,35). The molecule has 3 saturated heterocycles. The Bertz CT molecular complexity index is 1360. The number of aromatic carboxylic acids is 1. The molecule has 36 heavy (non-hydrogen) atoms. The van der Waals surface area contributed by atoms with Gasteiger partial charge in [0.05, 0.1) is 17.5 Å². The summed E-state index contributed by atoms with van der Waals surface area (Å²) in [5.41, 5.74) is 1.87. The molecule has 6 rings (SSSR count). The summed E-state index contributed by atoms with van der Waals surface area (Å²) in [7, 11) is 0. The molecule has 2 N–H and O–H groups in total. The molecule has 3 aliphatic rings. The monoisotopic (exact) mass is 491 g/mol. The minimum absolute atomic E-state index is 0.0350. The zero-order valence-corrected chi connectivity index (χ0v) is 20.3. The molecule has 0 aliphatic carbocycles. The van der Waals surface area contributed by atoms with Gasteiger partial charge in [-0.1, -0.05) is 6.07 Å². The van der Waals surface area contributed by atoms with Crippen LogP contribution in [0.25, 0.3) is 5.65 Å². The van der Waals surface area contributed by atoms with E-state index in [2.05, 4.69) is 24.9 Å². The highest BCUT2D eigenvalue weighted by molar-refractivity contribution is 5.91. The molecule has 0 bridgehead atoms. The van der Waals surface area contributed by atoms with Crippen LogP contribution < -0.4 is 9.80 Å². The van der Waals surface area contributed by atoms with Gasteiger partial charge in [-0.25, -0.2) is 19.3 Å². The topological polar surface area (TPSA) is 127 Å². The van der Waals surface area contributed by atoms with Crippen LogP contribution in [0.1, 0.15) is 40.0 Å². The van der Waals surface area contributed by atoms with Crippen LogP contribution in [-0.4, -0.2) is 91.4 Å². The van der Waals surface area contributed by atoms with Crippen molar-refractivity contribution in [1.82, 2.24) is 24.5 Å². The van der Waals surface area contributed by atoms with Crippen molar-refractivity contribution in [3.63, 3.8) is 0 Å². The second-order valence-electron chi connectivity index (χ2n) is 10.6. The van der Waals surface area contributed by atoms with Crippen molar-refractivity contribution in [2.45, 2.75) is 25.9 Å². The normalized spacial score (nSPS) is 25.7. The van der Waals surface area contributed by atoms with Crippen LogP contribution in [0.5, 0.6) is 0 Å². The van der Waals surface area contributed by atoms with E-state index >= 15 is 0 Å². The van der Waals surface area contributed by atoms with Gasteiger partial charge in [0.15, 0.2) is 11.3 Å². The van der Waals surface area contributed by atoms with Gasteiger partial charge in [0, 0.05) is 51.1 Å². The highest BCUT2D eigenvalue weighted by Gasteiger charge is 2.43. The van der Waals surface area contributed by atoms with Crippen molar-refractivity contribution in [3.05, 3.63) is 47.5 Å². The lowest BCUT2D eigenvalue weighted by Crippen LogP contribution is -2.34. The first-order chi connectivity index (χ1) is 17.2. The molecule has 0 aromatic carbocycles. The molecule has 11 nitrogen and oxygen atoms in total. The first-order valence-electron chi connectivity index (χ1n) is 12.3. The molecule has 6 heterocycles. The van der Waals surface area contributed by atoms with Crippen LogP contribution in [0.3, 0.4) is 0 Å². The number of nitrogens with zero attached hydrogens (tertiary/aromatic N) is 7. The Balaban J connectivity index is 1.16. The van der Waals surface area contributed by atoms with Crippen LogP contribution in [0.15, 0.2) is 30.5 Å². The van der Waals surface area contributed by atoms with Gasteiger partial charge in [0.2, 0.25) is 5.82 Å². The number of anilines is 2. The summed E-state index contributed by atoms with van der Waals surface area (Å²) >= 11 is 0. The Morgan fingerprint density at radius 3 is 2.50 bits per heavy atom. The van der Waals surface area contributed by atoms with Crippen LogP contribution in [0.4, 0.5) is 11.5 Å². The number of carbonyl (C=O) groups is 2. The van der Waals surface area contributed by atoms with E-state index < -0.39 is 11.6 Å². The lowest BCUT2D eigenvalue weighted by atomic mass is 10.0. The van der Waals surface area contributed by atoms with Crippen molar-refractivity contribution < 1.29 is 19.8 Å². The van der Waals surface area contributed by atoms with Crippen LogP contribution in [0.2, 0.25) is 0 Å². The number of β-amino-alcohol motifs (C(OH)–C–C–N with tert-alkyl or cyclic N) is 1. The van der Waals surface area contributed by atoms with Crippen molar-refractivity contribution in [2.24, 2.45) is 11.8 Å². The van der Waals surface area contributed by atoms with Gasteiger partial charge in [0.1, 0.15) is 5.82 Å². The number of likely N-dealkylation sites (tertiary alicyclic amines) is 1. The number of aromatic nitrogens is 4. The summed E-state index contributed by atoms with van der Waals surface area (Å²) in [6.07, 6.45) is 2.59. The maximum absolute atomic E-state index is 13.3. The van der Waals surface area contributed by atoms with E-state index in [1.165, 1.54) is 6.07 Å².